The highest BCUT2D eigenvalue weighted by atomic mass is 19.1. The molecule has 8 heteroatoms. The number of hydrogen-bond acceptors (Lipinski definition) is 5. The second-order valence-corrected chi connectivity index (χ2v) is 5.36. The first kappa shape index (κ1) is 17.9. The summed E-state index contributed by atoms with van der Waals surface area (Å²) >= 11 is 0. The van der Waals surface area contributed by atoms with Gasteiger partial charge in [-0.15, -0.1) is 0 Å². The van der Waals surface area contributed by atoms with Gasteiger partial charge in [0.25, 0.3) is 0 Å². The maximum absolute atomic E-state index is 13.4. The van der Waals surface area contributed by atoms with E-state index >= 15 is 0 Å². The standard InChI is InChI=1S/C16H20FN3O4/c1-20(8-11-7-12(9-23-2)19-18-11)15(16(21)22)13-5-4-10(17)6-14(13)24-3/h4-7,15H,8-9H2,1-3H3,(H,18,19)(H,21,22)/t15-/m1/s1. The molecule has 0 radical (unpaired) electrons. The Bertz CT molecular complexity index is 704. The average molecular weight is 337 g/mol. The number of likely N-dealkylation sites (N-methyl/N-ethyl adjacent to an activating group) is 1. The molecule has 2 aromatic rings. The molecule has 0 saturated carbocycles. The molecule has 0 aliphatic rings. The number of rotatable bonds is 8. The van der Waals surface area contributed by atoms with Crippen LogP contribution in [0.25, 0.3) is 0 Å². The van der Waals surface area contributed by atoms with Gasteiger partial charge in [-0.1, -0.05) is 6.07 Å². The van der Waals surface area contributed by atoms with Gasteiger partial charge in [-0.05, 0) is 19.2 Å². The van der Waals surface area contributed by atoms with Crippen molar-refractivity contribution in [2.24, 2.45) is 0 Å². The molecule has 0 fully saturated rings. The molecular weight excluding hydrogens is 317 g/mol. The molecule has 0 amide bonds. The van der Waals surface area contributed by atoms with Crippen LogP contribution < -0.4 is 4.74 Å². The summed E-state index contributed by atoms with van der Waals surface area (Å²) in [5.74, 6) is -1.36. The van der Waals surface area contributed by atoms with Crippen LogP contribution in [0.2, 0.25) is 0 Å². The van der Waals surface area contributed by atoms with Crippen LogP contribution in [0, 0.1) is 5.82 Å². The topological polar surface area (TPSA) is 87.7 Å². The molecule has 0 saturated heterocycles. The predicted octanol–water partition coefficient (Wildman–Crippen LogP) is 1.96. The lowest BCUT2D eigenvalue weighted by molar-refractivity contribution is -0.143. The van der Waals surface area contributed by atoms with Crippen molar-refractivity contribution < 1.29 is 23.8 Å². The van der Waals surface area contributed by atoms with Crippen molar-refractivity contribution in [3.8, 4) is 5.75 Å². The van der Waals surface area contributed by atoms with Crippen LogP contribution in [0.1, 0.15) is 23.0 Å². The SMILES string of the molecule is COCc1cc(CN(C)[C@@H](C(=O)O)c2ccc(F)cc2OC)n[nH]1. The predicted molar refractivity (Wildman–Crippen MR) is 84.1 cm³/mol. The van der Waals surface area contributed by atoms with Crippen LogP contribution in [-0.4, -0.2) is 47.4 Å². The highest BCUT2D eigenvalue weighted by Gasteiger charge is 2.28. The zero-order valence-corrected chi connectivity index (χ0v) is 13.7. The van der Waals surface area contributed by atoms with Crippen LogP contribution >= 0.6 is 0 Å². The number of halogens is 1. The van der Waals surface area contributed by atoms with Gasteiger partial charge < -0.3 is 14.6 Å². The molecule has 0 aliphatic carbocycles. The maximum atomic E-state index is 13.4. The third kappa shape index (κ3) is 4.09. The van der Waals surface area contributed by atoms with Gasteiger partial charge >= 0.3 is 5.97 Å². The largest absolute Gasteiger partial charge is 0.496 e. The summed E-state index contributed by atoms with van der Waals surface area (Å²) in [5, 5.41) is 16.6. The van der Waals surface area contributed by atoms with E-state index in [1.165, 1.54) is 25.3 Å². The van der Waals surface area contributed by atoms with Crippen molar-refractivity contribution in [2.75, 3.05) is 21.3 Å². The van der Waals surface area contributed by atoms with E-state index in [4.69, 9.17) is 9.47 Å². The Morgan fingerprint density at radius 1 is 1.42 bits per heavy atom. The molecule has 7 nitrogen and oxygen atoms in total. The third-order valence-corrected chi connectivity index (χ3v) is 3.56. The summed E-state index contributed by atoms with van der Waals surface area (Å²) in [6.45, 7) is 0.683. The second kappa shape index (κ2) is 7.89. The summed E-state index contributed by atoms with van der Waals surface area (Å²) < 4.78 is 23.5. The number of methoxy groups -OCH3 is 2. The number of nitrogens with zero attached hydrogens (tertiary/aromatic N) is 2. The number of aromatic nitrogens is 2. The lowest BCUT2D eigenvalue weighted by Gasteiger charge is -2.25. The Balaban J connectivity index is 2.24. The van der Waals surface area contributed by atoms with Crippen LogP contribution in [0.5, 0.6) is 5.75 Å². The van der Waals surface area contributed by atoms with Crippen molar-refractivity contribution in [1.29, 1.82) is 0 Å². The Labute approximate surface area is 139 Å². The lowest BCUT2D eigenvalue weighted by Crippen LogP contribution is -2.31. The van der Waals surface area contributed by atoms with Crippen LogP contribution in [0.3, 0.4) is 0 Å². The van der Waals surface area contributed by atoms with Crippen molar-refractivity contribution >= 4 is 5.97 Å². The molecule has 130 valence electrons. The minimum absolute atomic E-state index is 0.191. The van der Waals surface area contributed by atoms with E-state index in [2.05, 4.69) is 10.2 Å². The fourth-order valence-electron chi connectivity index (χ4n) is 2.54. The van der Waals surface area contributed by atoms with Crippen molar-refractivity contribution in [3.05, 3.63) is 47.0 Å². The fraction of sp³-hybridized carbons (Fsp3) is 0.375. The Morgan fingerprint density at radius 3 is 2.79 bits per heavy atom. The summed E-state index contributed by atoms with van der Waals surface area (Å²) in [5.41, 5.74) is 1.85. The summed E-state index contributed by atoms with van der Waals surface area (Å²) in [6, 6.07) is 4.62. The normalized spacial score (nSPS) is 12.4. The van der Waals surface area contributed by atoms with Crippen LogP contribution in [0.4, 0.5) is 4.39 Å². The number of carboxylic acid groups (broad SMARTS) is 1. The number of nitrogens with one attached hydrogen (secondary N) is 1. The van der Waals surface area contributed by atoms with Gasteiger partial charge in [-0.25, -0.2) is 4.39 Å². The van der Waals surface area contributed by atoms with Gasteiger partial charge in [0.15, 0.2) is 0 Å². The zero-order chi connectivity index (χ0) is 17.7. The molecule has 0 unspecified atom stereocenters. The molecule has 0 aliphatic heterocycles. The monoisotopic (exact) mass is 337 g/mol. The van der Waals surface area contributed by atoms with E-state index in [0.717, 1.165) is 5.69 Å². The smallest absolute Gasteiger partial charge is 0.325 e. The number of aromatic amines is 1. The molecule has 1 aromatic heterocycles. The van der Waals surface area contributed by atoms with Crippen molar-refractivity contribution in [3.63, 3.8) is 0 Å². The number of ether oxygens (including phenoxy) is 2. The summed E-state index contributed by atoms with van der Waals surface area (Å²) in [6.07, 6.45) is 0. The molecule has 24 heavy (non-hydrogen) atoms. The van der Waals surface area contributed by atoms with E-state index in [0.29, 0.717) is 17.9 Å². The number of hydrogen-bond donors (Lipinski definition) is 2. The molecule has 0 spiro atoms. The molecule has 1 atom stereocenters. The molecule has 0 bridgehead atoms. The van der Waals surface area contributed by atoms with Gasteiger partial charge in [-0.2, -0.15) is 5.10 Å². The maximum Gasteiger partial charge on any atom is 0.325 e. The first-order valence-electron chi connectivity index (χ1n) is 7.24. The van der Waals surface area contributed by atoms with Gasteiger partial charge in [0, 0.05) is 25.3 Å². The molecule has 1 aromatic carbocycles. The van der Waals surface area contributed by atoms with E-state index in [9.17, 15) is 14.3 Å². The number of carbonyl (C=O) groups is 1. The highest BCUT2D eigenvalue weighted by molar-refractivity contribution is 5.76. The minimum atomic E-state index is -1.06. The third-order valence-electron chi connectivity index (χ3n) is 3.56. The van der Waals surface area contributed by atoms with Gasteiger partial charge in [-0.3, -0.25) is 14.8 Å². The van der Waals surface area contributed by atoms with Crippen LogP contribution in [0.15, 0.2) is 24.3 Å². The summed E-state index contributed by atoms with van der Waals surface area (Å²) in [4.78, 5) is 13.4. The number of aliphatic carboxylic acids is 1. The molecule has 1 heterocycles. The summed E-state index contributed by atoms with van der Waals surface area (Å²) in [7, 11) is 4.61. The van der Waals surface area contributed by atoms with E-state index < -0.39 is 17.8 Å². The van der Waals surface area contributed by atoms with E-state index in [-0.39, 0.29) is 12.3 Å². The highest BCUT2D eigenvalue weighted by Crippen LogP contribution is 2.30. The minimum Gasteiger partial charge on any atom is -0.496 e. The zero-order valence-electron chi connectivity index (χ0n) is 13.7. The quantitative estimate of drug-likeness (QED) is 0.766. The fourth-order valence-corrected chi connectivity index (χ4v) is 2.54. The molecule has 2 rings (SSSR count). The number of benzene rings is 1. The number of H-pyrrole nitrogens is 1. The van der Waals surface area contributed by atoms with Crippen LogP contribution in [-0.2, 0) is 22.7 Å². The first-order valence-corrected chi connectivity index (χ1v) is 7.24. The van der Waals surface area contributed by atoms with E-state index in [1.54, 1.807) is 25.1 Å². The Hall–Kier alpha value is -2.45. The molecule has 2 N–H and O–H groups in total. The average Bonchev–Trinajstić information content (AvgIpc) is 2.96. The first-order chi connectivity index (χ1) is 11.5. The van der Waals surface area contributed by atoms with Gasteiger partial charge in [0.1, 0.15) is 17.6 Å². The van der Waals surface area contributed by atoms with Crippen molar-refractivity contribution in [1.82, 2.24) is 15.1 Å². The van der Waals surface area contributed by atoms with Crippen molar-refractivity contribution in [2.45, 2.75) is 19.2 Å². The number of carboxylic acids is 1. The van der Waals surface area contributed by atoms with E-state index in [1.807, 2.05) is 0 Å². The second-order valence-electron chi connectivity index (χ2n) is 5.36. The van der Waals surface area contributed by atoms with Gasteiger partial charge in [0.05, 0.1) is 25.1 Å². The lowest BCUT2D eigenvalue weighted by atomic mass is 10.0. The van der Waals surface area contributed by atoms with Gasteiger partial charge in [0.2, 0.25) is 0 Å². The molecular formula is C16H20FN3O4. The Morgan fingerprint density at radius 2 is 2.17 bits per heavy atom. The Kier molecular flexibility index (Phi) is 5.88.